The van der Waals surface area contributed by atoms with Gasteiger partial charge in [-0.1, -0.05) is 26.0 Å². The smallest absolute Gasteiger partial charge is 0.338 e. The van der Waals surface area contributed by atoms with Gasteiger partial charge in [-0.25, -0.2) is 4.79 Å². The number of nitrogens with zero attached hydrogens (tertiary/aromatic N) is 1. The zero-order chi connectivity index (χ0) is 22.7. The largest absolute Gasteiger partial charge is 0.449 e. The van der Waals surface area contributed by atoms with Crippen molar-refractivity contribution in [1.29, 1.82) is 0 Å². The van der Waals surface area contributed by atoms with Gasteiger partial charge in [-0.2, -0.15) is 0 Å². The summed E-state index contributed by atoms with van der Waals surface area (Å²) in [7, 11) is 0. The molecule has 2 aromatic rings. The quantitative estimate of drug-likeness (QED) is 0.541. The Morgan fingerprint density at radius 3 is 2.23 bits per heavy atom. The summed E-state index contributed by atoms with van der Waals surface area (Å²) in [6, 6.07) is 11.4. The first-order valence-electron chi connectivity index (χ1n) is 10.4. The van der Waals surface area contributed by atoms with Gasteiger partial charge < -0.3 is 10.1 Å². The molecule has 3 amide bonds. The molecule has 1 heterocycles. The minimum absolute atomic E-state index is 0.109. The number of anilines is 1. The maximum absolute atomic E-state index is 12.7. The number of ether oxygens (including phenoxy) is 1. The van der Waals surface area contributed by atoms with Crippen LogP contribution in [0.1, 0.15) is 70.8 Å². The van der Waals surface area contributed by atoms with Crippen LogP contribution in [0.25, 0.3) is 0 Å². The molecule has 0 saturated heterocycles. The number of esters is 1. The fourth-order valence-electron chi connectivity index (χ4n) is 3.32. The van der Waals surface area contributed by atoms with Crippen LogP contribution in [-0.4, -0.2) is 40.7 Å². The Balaban J connectivity index is 1.68. The highest BCUT2D eigenvalue weighted by atomic mass is 16.5. The van der Waals surface area contributed by atoms with Gasteiger partial charge in [-0.3, -0.25) is 19.3 Å². The predicted octanol–water partition coefficient (Wildman–Crippen LogP) is 3.83. The number of rotatable bonds is 7. The topological polar surface area (TPSA) is 92.8 Å². The van der Waals surface area contributed by atoms with E-state index in [1.165, 1.54) is 30.0 Å². The van der Waals surface area contributed by atoms with Crippen LogP contribution >= 0.6 is 0 Å². The number of aryl methyl sites for hydroxylation is 1. The van der Waals surface area contributed by atoms with E-state index in [2.05, 4.69) is 5.32 Å². The van der Waals surface area contributed by atoms with Crippen molar-refractivity contribution in [1.82, 2.24) is 4.90 Å². The van der Waals surface area contributed by atoms with Gasteiger partial charge in [-0.15, -0.1) is 0 Å². The summed E-state index contributed by atoms with van der Waals surface area (Å²) in [5.74, 6) is -2.00. The summed E-state index contributed by atoms with van der Waals surface area (Å²) < 4.78 is 5.27. The summed E-state index contributed by atoms with van der Waals surface area (Å²) in [5, 5.41) is 2.71. The average Bonchev–Trinajstić information content (AvgIpc) is 3.03. The molecular formula is C24H26N2O5. The van der Waals surface area contributed by atoms with Crippen molar-refractivity contribution in [3.05, 3.63) is 64.7 Å². The van der Waals surface area contributed by atoms with E-state index in [0.717, 1.165) is 12.0 Å². The van der Waals surface area contributed by atoms with Gasteiger partial charge in [0.05, 0.1) is 16.7 Å². The Morgan fingerprint density at radius 2 is 1.61 bits per heavy atom. The molecule has 31 heavy (non-hydrogen) atoms. The lowest BCUT2D eigenvalue weighted by atomic mass is 10.1. The van der Waals surface area contributed by atoms with Gasteiger partial charge >= 0.3 is 5.97 Å². The van der Waals surface area contributed by atoms with E-state index < -0.39 is 23.9 Å². The molecule has 0 aliphatic carbocycles. The number of nitrogens with one attached hydrogen (secondary N) is 1. The van der Waals surface area contributed by atoms with Gasteiger partial charge in [0.25, 0.3) is 17.7 Å². The molecule has 2 atom stereocenters. The summed E-state index contributed by atoms with van der Waals surface area (Å²) in [5.41, 5.74) is 2.31. The van der Waals surface area contributed by atoms with Gasteiger partial charge in [0.15, 0.2) is 6.10 Å². The van der Waals surface area contributed by atoms with Crippen LogP contribution < -0.4 is 5.32 Å². The van der Waals surface area contributed by atoms with Gasteiger partial charge in [0, 0.05) is 11.7 Å². The van der Waals surface area contributed by atoms with Crippen molar-refractivity contribution in [2.75, 3.05) is 5.32 Å². The lowest BCUT2D eigenvalue weighted by Crippen LogP contribution is -2.37. The summed E-state index contributed by atoms with van der Waals surface area (Å²) in [4.78, 5) is 51.3. The number of hydrogen-bond donors (Lipinski definition) is 1. The molecule has 2 unspecified atom stereocenters. The first-order chi connectivity index (χ1) is 14.8. The Bertz CT molecular complexity index is 1030. The molecule has 7 nitrogen and oxygen atoms in total. The van der Waals surface area contributed by atoms with E-state index in [0.29, 0.717) is 12.1 Å². The first-order valence-corrected chi connectivity index (χ1v) is 10.4. The van der Waals surface area contributed by atoms with E-state index in [9.17, 15) is 19.2 Å². The molecule has 0 radical (unpaired) electrons. The van der Waals surface area contributed by atoms with E-state index >= 15 is 0 Å². The molecular weight excluding hydrogens is 396 g/mol. The number of carbonyl (C=O) groups is 4. The van der Waals surface area contributed by atoms with Crippen LogP contribution in [0.4, 0.5) is 5.69 Å². The van der Waals surface area contributed by atoms with E-state index in [-0.39, 0.29) is 28.6 Å². The molecule has 7 heteroatoms. The normalized spacial score (nSPS) is 14.8. The Kier molecular flexibility index (Phi) is 6.53. The average molecular weight is 422 g/mol. The molecule has 162 valence electrons. The minimum Gasteiger partial charge on any atom is -0.449 e. The standard InChI is InChI=1S/C24H26N2O5/c1-5-14(3)26-22(28)19-12-9-17(13-20(19)23(26)29)24(30)31-15(4)21(27)25-18-10-7-16(6-2)8-11-18/h7-15H,5-6H2,1-4H3,(H,25,27). The second-order valence-corrected chi connectivity index (χ2v) is 7.59. The zero-order valence-electron chi connectivity index (χ0n) is 18.1. The minimum atomic E-state index is -1.04. The van der Waals surface area contributed by atoms with Crippen LogP contribution in [0.2, 0.25) is 0 Å². The molecule has 1 N–H and O–H groups in total. The maximum atomic E-state index is 12.7. The number of fused-ring (bicyclic) bond motifs is 1. The van der Waals surface area contributed by atoms with Gasteiger partial charge in [-0.05, 0) is 62.6 Å². The molecule has 0 fully saturated rings. The second-order valence-electron chi connectivity index (χ2n) is 7.59. The third-order valence-corrected chi connectivity index (χ3v) is 5.47. The fraction of sp³-hybridized carbons (Fsp3) is 0.333. The first kappa shape index (κ1) is 22.2. The molecule has 1 aliphatic heterocycles. The van der Waals surface area contributed by atoms with Crippen LogP contribution in [0.3, 0.4) is 0 Å². The Morgan fingerprint density at radius 1 is 0.968 bits per heavy atom. The van der Waals surface area contributed by atoms with Crippen LogP contribution in [0.5, 0.6) is 0 Å². The fourth-order valence-corrected chi connectivity index (χ4v) is 3.32. The lowest BCUT2D eigenvalue weighted by Gasteiger charge is -2.20. The molecule has 0 bridgehead atoms. The lowest BCUT2D eigenvalue weighted by molar-refractivity contribution is -0.123. The van der Waals surface area contributed by atoms with Crippen molar-refractivity contribution in [2.45, 2.75) is 52.7 Å². The SMILES string of the molecule is CCc1ccc(NC(=O)C(C)OC(=O)c2ccc3c(c2)C(=O)N(C(C)CC)C3=O)cc1. The predicted molar refractivity (Wildman–Crippen MR) is 116 cm³/mol. The summed E-state index contributed by atoms with van der Waals surface area (Å²) in [6.45, 7) is 7.20. The number of benzene rings is 2. The van der Waals surface area contributed by atoms with Crippen molar-refractivity contribution < 1.29 is 23.9 Å². The van der Waals surface area contributed by atoms with E-state index in [1.54, 1.807) is 19.1 Å². The molecule has 0 saturated carbocycles. The number of imide groups is 1. The Hall–Kier alpha value is -3.48. The monoisotopic (exact) mass is 422 g/mol. The molecule has 0 spiro atoms. The number of amides is 3. The van der Waals surface area contributed by atoms with E-state index in [1.807, 2.05) is 26.0 Å². The summed E-state index contributed by atoms with van der Waals surface area (Å²) in [6.07, 6.45) is 0.487. The number of hydrogen-bond acceptors (Lipinski definition) is 5. The second kappa shape index (κ2) is 9.12. The van der Waals surface area contributed by atoms with Crippen molar-refractivity contribution in [3.63, 3.8) is 0 Å². The van der Waals surface area contributed by atoms with Crippen LogP contribution in [0.15, 0.2) is 42.5 Å². The molecule has 2 aromatic carbocycles. The van der Waals surface area contributed by atoms with Crippen LogP contribution in [0, 0.1) is 0 Å². The van der Waals surface area contributed by atoms with Gasteiger partial charge in [0.1, 0.15) is 0 Å². The Labute approximate surface area is 181 Å². The third-order valence-electron chi connectivity index (χ3n) is 5.47. The van der Waals surface area contributed by atoms with Crippen molar-refractivity contribution in [2.24, 2.45) is 0 Å². The van der Waals surface area contributed by atoms with Crippen LogP contribution in [-0.2, 0) is 16.0 Å². The van der Waals surface area contributed by atoms with E-state index in [4.69, 9.17) is 4.74 Å². The zero-order valence-corrected chi connectivity index (χ0v) is 18.1. The van der Waals surface area contributed by atoms with Crippen molar-refractivity contribution >= 4 is 29.4 Å². The molecule has 0 aromatic heterocycles. The summed E-state index contributed by atoms with van der Waals surface area (Å²) >= 11 is 0. The molecule has 1 aliphatic rings. The third kappa shape index (κ3) is 4.50. The van der Waals surface area contributed by atoms with Gasteiger partial charge in [0.2, 0.25) is 0 Å². The van der Waals surface area contributed by atoms with Crippen molar-refractivity contribution in [3.8, 4) is 0 Å². The highest BCUT2D eigenvalue weighted by molar-refractivity contribution is 6.22. The maximum Gasteiger partial charge on any atom is 0.338 e. The molecule has 3 rings (SSSR count). The highest BCUT2D eigenvalue weighted by Crippen LogP contribution is 2.27. The highest BCUT2D eigenvalue weighted by Gasteiger charge is 2.38. The number of carbonyl (C=O) groups excluding carboxylic acids is 4.